The van der Waals surface area contributed by atoms with Gasteiger partial charge in [0.2, 0.25) is 0 Å². The van der Waals surface area contributed by atoms with Crippen molar-refractivity contribution >= 4 is 33.6 Å². The first-order valence-electron chi connectivity index (χ1n) is 7.02. The van der Waals surface area contributed by atoms with E-state index < -0.39 is 5.97 Å². The van der Waals surface area contributed by atoms with Crippen LogP contribution in [0.2, 0.25) is 0 Å². The van der Waals surface area contributed by atoms with E-state index in [0.717, 1.165) is 19.3 Å². The molecule has 1 aromatic rings. The molecule has 6 heteroatoms. The molecule has 0 spiro atoms. The van der Waals surface area contributed by atoms with Crippen molar-refractivity contribution in [2.24, 2.45) is 0 Å². The molecule has 1 heterocycles. The summed E-state index contributed by atoms with van der Waals surface area (Å²) >= 11 is 3.30. The first-order valence-corrected chi connectivity index (χ1v) is 7.81. The number of rotatable bonds is 2. The minimum absolute atomic E-state index is 0.140. The molecule has 2 amide bonds. The van der Waals surface area contributed by atoms with E-state index in [4.69, 9.17) is 5.11 Å². The van der Waals surface area contributed by atoms with E-state index in [2.05, 4.69) is 35.1 Å². The van der Waals surface area contributed by atoms with Crippen molar-refractivity contribution in [2.75, 3.05) is 5.32 Å². The standard InChI is InChI=1S/C15H19BrN2O3/c1-9-4-3-5-10(2)18(9)15(21)17-13-7-6-11(14(19)20)8-12(13)16/h6-10H,3-5H2,1-2H3,(H,17,21)(H,19,20). The highest BCUT2D eigenvalue weighted by molar-refractivity contribution is 9.10. The molecule has 0 bridgehead atoms. The predicted octanol–water partition coefficient (Wildman–Crippen LogP) is 3.94. The second-order valence-corrected chi connectivity index (χ2v) is 6.32. The number of aromatic carboxylic acids is 1. The number of hydrogen-bond acceptors (Lipinski definition) is 2. The lowest BCUT2D eigenvalue weighted by molar-refractivity contribution is 0.0697. The largest absolute Gasteiger partial charge is 0.478 e. The number of hydrogen-bond donors (Lipinski definition) is 2. The van der Waals surface area contributed by atoms with Crippen LogP contribution in [0.5, 0.6) is 0 Å². The molecule has 2 rings (SSSR count). The second-order valence-electron chi connectivity index (χ2n) is 5.47. The molecule has 0 saturated carbocycles. The molecule has 2 N–H and O–H groups in total. The number of carboxylic acid groups (broad SMARTS) is 1. The molecule has 1 aliphatic heterocycles. The summed E-state index contributed by atoms with van der Waals surface area (Å²) in [4.78, 5) is 25.2. The van der Waals surface area contributed by atoms with Gasteiger partial charge in [-0.1, -0.05) is 0 Å². The predicted molar refractivity (Wildman–Crippen MR) is 84.7 cm³/mol. The summed E-state index contributed by atoms with van der Waals surface area (Å²) in [7, 11) is 0. The van der Waals surface area contributed by atoms with E-state index in [9.17, 15) is 9.59 Å². The summed E-state index contributed by atoms with van der Waals surface area (Å²) in [6.07, 6.45) is 3.16. The quantitative estimate of drug-likeness (QED) is 0.844. The van der Waals surface area contributed by atoms with Gasteiger partial charge >= 0.3 is 12.0 Å². The van der Waals surface area contributed by atoms with Crippen LogP contribution in [0.15, 0.2) is 22.7 Å². The van der Waals surface area contributed by atoms with E-state index in [-0.39, 0.29) is 23.7 Å². The number of urea groups is 1. The fourth-order valence-electron chi connectivity index (χ4n) is 2.75. The molecule has 114 valence electrons. The maximum atomic E-state index is 12.4. The van der Waals surface area contributed by atoms with Crippen molar-refractivity contribution in [1.82, 2.24) is 4.90 Å². The zero-order valence-corrected chi connectivity index (χ0v) is 13.7. The summed E-state index contributed by atoms with van der Waals surface area (Å²) < 4.78 is 0.563. The van der Waals surface area contributed by atoms with E-state index in [0.29, 0.717) is 10.2 Å². The molecular formula is C15H19BrN2O3. The lowest BCUT2D eigenvalue weighted by Crippen LogP contribution is -2.49. The number of nitrogens with zero attached hydrogens (tertiary/aromatic N) is 1. The highest BCUT2D eigenvalue weighted by Gasteiger charge is 2.29. The van der Waals surface area contributed by atoms with Crippen molar-refractivity contribution in [3.8, 4) is 0 Å². The molecule has 0 aliphatic carbocycles. The number of likely N-dealkylation sites (tertiary alicyclic amines) is 1. The Morgan fingerprint density at radius 1 is 1.29 bits per heavy atom. The molecule has 2 unspecified atom stereocenters. The molecule has 0 aromatic heterocycles. The second kappa shape index (κ2) is 6.47. The number of carboxylic acids is 1. The summed E-state index contributed by atoms with van der Waals surface area (Å²) in [6.45, 7) is 4.11. The van der Waals surface area contributed by atoms with Crippen molar-refractivity contribution < 1.29 is 14.7 Å². The average molecular weight is 355 g/mol. The van der Waals surface area contributed by atoms with E-state index in [1.54, 1.807) is 6.07 Å². The SMILES string of the molecule is CC1CCCC(C)N1C(=O)Nc1ccc(C(=O)O)cc1Br. The van der Waals surface area contributed by atoms with Crippen LogP contribution >= 0.6 is 15.9 Å². The Morgan fingerprint density at radius 2 is 1.90 bits per heavy atom. The Kier molecular flexibility index (Phi) is 4.88. The number of nitrogens with one attached hydrogen (secondary N) is 1. The van der Waals surface area contributed by atoms with Crippen LogP contribution in [0.4, 0.5) is 10.5 Å². The molecule has 2 atom stereocenters. The van der Waals surface area contributed by atoms with Crippen molar-refractivity contribution in [3.05, 3.63) is 28.2 Å². The first kappa shape index (κ1) is 15.8. The van der Waals surface area contributed by atoms with Gasteiger partial charge in [0.15, 0.2) is 0 Å². The Labute approximate surface area is 132 Å². The van der Waals surface area contributed by atoms with Gasteiger partial charge in [-0.2, -0.15) is 0 Å². The third kappa shape index (κ3) is 3.56. The highest BCUT2D eigenvalue weighted by Crippen LogP contribution is 2.27. The van der Waals surface area contributed by atoms with Gasteiger partial charge in [0.1, 0.15) is 0 Å². The van der Waals surface area contributed by atoms with Gasteiger partial charge in [-0.05, 0) is 67.2 Å². The van der Waals surface area contributed by atoms with Crippen LogP contribution in [0.1, 0.15) is 43.5 Å². The Balaban J connectivity index is 2.14. The maximum Gasteiger partial charge on any atom is 0.335 e. The van der Waals surface area contributed by atoms with Gasteiger partial charge in [0.25, 0.3) is 0 Å². The van der Waals surface area contributed by atoms with Crippen LogP contribution in [-0.4, -0.2) is 34.1 Å². The van der Waals surface area contributed by atoms with E-state index in [1.807, 2.05) is 4.90 Å². The lowest BCUT2D eigenvalue weighted by atomic mass is 9.98. The van der Waals surface area contributed by atoms with Gasteiger partial charge < -0.3 is 15.3 Å². The Bertz CT molecular complexity index is 552. The van der Waals surface area contributed by atoms with Gasteiger partial charge in [-0.25, -0.2) is 9.59 Å². The van der Waals surface area contributed by atoms with Crippen LogP contribution in [0, 0.1) is 0 Å². The first-order chi connectivity index (χ1) is 9.90. The number of piperidine rings is 1. The molecule has 1 aliphatic rings. The summed E-state index contributed by atoms with van der Waals surface area (Å²) in [5.41, 5.74) is 0.759. The van der Waals surface area contributed by atoms with Crippen LogP contribution < -0.4 is 5.32 Å². The lowest BCUT2D eigenvalue weighted by Gasteiger charge is -2.38. The summed E-state index contributed by atoms with van der Waals surface area (Å²) in [5, 5.41) is 11.8. The molecule has 21 heavy (non-hydrogen) atoms. The fourth-order valence-corrected chi connectivity index (χ4v) is 3.23. The zero-order valence-electron chi connectivity index (χ0n) is 12.1. The molecule has 1 fully saturated rings. The van der Waals surface area contributed by atoms with Crippen LogP contribution in [0.3, 0.4) is 0 Å². The Morgan fingerprint density at radius 3 is 2.43 bits per heavy atom. The minimum Gasteiger partial charge on any atom is -0.478 e. The van der Waals surface area contributed by atoms with Crippen LogP contribution in [-0.2, 0) is 0 Å². The topological polar surface area (TPSA) is 69.6 Å². The maximum absolute atomic E-state index is 12.4. The molecule has 1 aromatic carbocycles. The Hall–Kier alpha value is -1.56. The van der Waals surface area contributed by atoms with Gasteiger partial charge in [-0.3, -0.25) is 0 Å². The molecule has 1 saturated heterocycles. The van der Waals surface area contributed by atoms with Crippen molar-refractivity contribution in [2.45, 2.75) is 45.2 Å². The minimum atomic E-state index is -0.994. The molecule has 5 nitrogen and oxygen atoms in total. The smallest absolute Gasteiger partial charge is 0.335 e. The number of amides is 2. The summed E-state index contributed by atoms with van der Waals surface area (Å²) in [5.74, 6) is -0.994. The van der Waals surface area contributed by atoms with Gasteiger partial charge in [-0.15, -0.1) is 0 Å². The number of benzene rings is 1. The summed E-state index contributed by atoms with van der Waals surface area (Å²) in [6, 6.07) is 4.85. The van der Waals surface area contributed by atoms with Crippen molar-refractivity contribution in [1.29, 1.82) is 0 Å². The van der Waals surface area contributed by atoms with Gasteiger partial charge in [0, 0.05) is 16.6 Å². The number of carbonyl (C=O) groups is 2. The normalized spacial score (nSPS) is 22.0. The molecule has 0 radical (unpaired) electrons. The van der Waals surface area contributed by atoms with E-state index >= 15 is 0 Å². The van der Waals surface area contributed by atoms with Crippen LogP contribution in [0.25, 0.3) is 0 Å². The van der Waals surface area contributed by atoms with Crippen molar-refractivity contribution in [3.63, 3.8) is 0 Å². The third-order valence-electron chi connectivity index (χ3n) is 3.89. The molecular weight excluding hydrogens is 336 g/mol. The number of anilines is 1. The van der Waals surface area contributed by atoms with Gasteiger partial charge in [0.05, 0.1) is 11.3 Å². The third-order valence-corrected chi connectivity index (χ3v) is 4.54. The fraction of sp³-hybridized carbons (Fsp3) is 0.467. The van der Waals surface area contributed by atoms with E-state index in [1.165, 1.54) is 12.1 Å². The number of halogens is 1. The average Bonchev–Trinajstić information content (AvgIpc) is 2.40. The zero-order chi connectivity index (χ0) is 15.6. The highest BCUT2D eigenvalue weighted by atomic mass is 79.9. The number of carbonyl (C=O) groups excluding carboxylic acids is 1. The monoisotopic (exact) mass is 354 g/mol.